The van der Waals surface area contributed by atoms with Crippen LogP contribution in [-0.4, -0.2) is 64.5 Å². The normalized spacial score (nSPS) is 12.4. The second kappa shape index (κ2) is 13.7. The maximum atomic E-state index is 13.6. The van der Waals surface area contributed by atoms with Crippen molar-refractivity contribution in [3.8, 4) is 0 Å². The molecule has 0 aliphatic heterocycles. The van der Waals surface area contributed by atoms with Gasteiger partial charge in [0.1, 0.15) is 18.2 Å². The first-order valence-electron chi connectivity index (χ1n) is 11.0. The molecule has 0 saturated heterocycles. The van der Waals surface area contributed by atoms with E-state index >= 15 is 0 Å². The van der Waals surface area contributed by atoms with Crippen molar-refractivity contribution in [2.75, 3.05) is 25.6 Å². The third-order valence-corrected chi connectivity index (χ3v) is 6.03. The van der Waals surface area contributed by atoms with E-state index in [-0.39, 0.29) is 44.2 Å². The first kappa shape index (κ1) is 29.0. The molecule has 0 unspecified atom stereocenters. The van der Waals surface area contributed by atoms with E-state index in [9.17, 15) is 24.2 Å². The number of aliphatic hydroxyl groups is 2. The standard InChI is InChI=1S/C25H27ClFN3O5.CH4/c1-30(23(33)10-9-16-7-4-8-21(27)24(16)26)19(12-20(32)14-31)15-35-25(34)29-22-11-17-5-2-3-6-18(17)13-28-22;/h2-8,11,13,19-20,31-32H,9-10,12,14-15H2,1H3,(H,28,29,34);1H4/t19-,20+;/m1./s1. The molecule has 1 aromatic heterocycles. The van der Waals surface area contributed by atoms with Crippen molar-refractivity contribution < 1.29 is 28.9 Å². The lowest BCUT2D eigenvalue weighted by atomic mass is 10.1. The summed E-state index contributed by atoms with van der Waals surface area (Å²) in [6.45, 7) is -0.732. The molecule has 0 bridgehead atoms. The maximum Gasteiger partial charge on any atom is 0.412 e. The van der Waals surface area contributed by atoms with E-state index < -0.39 is 30.7 Å². The molecule has 0 aliphatic rings. The number of benzene rings is 2. The SMILES string of the molecule is C.CN(C(=O)CCc1cccc(F)c1Cl)[C@@H](COC(=O)Nc1cc2ccccc2cn1)C[C@H](O)CO. The molecule has 0 spiro atoms. The number of anilines is 1. The van der Waals surface area contributed by atoms with Crippen LogP contribution in [0.3, 0.4) is 0 Å². The number of fused-ring (bicyclic) bond motifs is 1. The summed E-state index contributed by atoms with van der Waals surface area (Å²) in [6.07, 6.45) is -0.0305. The zero-order chi connectivity index (χ0) is 25.4. The number of nitrogens with zero attached hydrogens (tertiary/aromatic N) is 2. The predicted molar refractivity (Wildman–Crippen MR) is 137 cm³/mol. The van der Waals surface area contributed by atoms with Gasteiger partial charge in [-0.1, -0.05) is 55.4 Å². The summed E-state index contributed by atoms with van der Waals surface area (Å²) in [4.78, 5) is 30.6. The molecule has 2 amide bonds. The van der Waals surface area contributed by atoms with Gasteiger partial charge in [-0.05, 0) is 35.9 Å². The van der Waals surface area contributed by atoms with E-state index in [1.165, 1.54) is 24.1 Å². The Hall–Kier alpha value is -3.27. The van der Waals surface area contributed by atoms with Crippen LogP contribution in [0.25, 0.3) is 10.8 Å². The van der Waals surface area contributed by atoms with Crippen LogP contribution in [-0.2, 0) is 16.0 Å². The molecule has 0 fully saturated rings. The van der Waals surface area contributed by atoms with Crippen LogP contribution < -0.4 is 5.32 Å². The highest BCUT2D eigenvalue weighted by Gasteiger charge is 2.24. The molecule has 194 valence electrons. The lowest BCUT2D eigenvalue weighted by Crippen LogP contribution is -2.43. The molecular formula is C26H31ClFN3O5. The highest BCUT2D eigenvalue weighted by Crippen LogP contribution is 2.22. The number of pyridine rings is 1. The molecule has 10 heteroatoms. The number of carbonyl (C=O) groups is 2. The molecule has 2 atom stereocenters. The van der Waals surface area contributed by atoms with Crippen molar-refractivity contribution >= 4 is 40.2 Å². The number of hydrogen-bond acceptors (Lipinski definition) is 6. The van der Waals surface area contributed by atoms with Gasteiger partial charge in [0.05, 0.1) is 23.8 Å². The fraction of sp³-hybridized carbons (Fsp3) is 0.346. The summed E-state index contributed by atoms with van der Waals surface area (Å²) in [5, 5.41) is 23.5. The number of aryl methyl sites for hydroxylation is 1. The number of carbonyl (C=O) groups excluding carboxylic acids is 2. The summed E-state index contributed by atoms with van der Waals surface area (Å²) in [5.74, 6) is -0.577. The Morgan fingerprint density at radius 3 is 2.64 bits per heavy atom. The van der Waals surface area contributed by atoms with E-state index in [4.69, 9.17) is 16.3 Å². The van der Waals surface area contributed by atoms with Crippen molar-refractivity contribution in [2.45, 2.75) is 38.8 Å². The highest BCUT2D eigenvalue weighted by atomic mass is 35.5. The smallest absolute Gasteiger partial charge is 0.412 e. The van der Waals surface area contributed by atoms with Crippen molar-refractivity contribution in [1.29, 1.82) is 0 Å². The largest absolute Gasteiger partial charge is 0.447 e. The predicted octanol–water partition coefficient (Wildman–Crippen LogP) is 4.42. The monoisotopic (exact) mass is 519 g/mol. The average Bonchev–Trinajstić information content (AvgIpc) is 2.86. The first-order chi connectivity index (χ1) is 16.8. The summed E-state index contributed by atoms with van der Waals surface area (Å²) < 4.78 is 18.9. The third-order valence-electron chi connectivity index (χ3n) is 5.60. The van der Waals surface area contributed by atoms with Gasteiger partial charge in [-0.25, -0.2) is 14.2 Å². The van der Waals surface area contributed by atoms with E-state index in [1.54, 1.807) is 18.3 Å². The molecule has 0 radical (unpaired) electrons. The average molecular weight is 520 g/mol. The molecular weight excluding hydrogens is 489 g/mol. The van der Waals surface area contributed by atoms with Gasteiger partial charge >= 0.3 is 6.09 Å². The zero-order valence-corrected chi connectivity index (χ0v) is 19.9. The fourth-order valence-electron chi connectivity index (χ4n) is 3.55. The fourth-order valence-corrected chi connectivity index (χ4v) is 3.77. The quantitative estimate of drug-likeness (QED) is 0.365. The summed E-state index contributed by atoms with van der Waals surface area (Å²) in [6, 6.07) is 12.9. The van der Waals surface area contributed by atoms with Gasteiger partial charge in [-0.2, -0.15) is 0 Å². The van der Waals surface area contributed by atoms with Gasteiger partial charge in [0.25, 0.3) is 0 Å². The minimum atomic E-state index is -1.11. The first-order valence-corrected chi connectivity index (χ1v) is 11.4. The number of likely N-dealkylation sites (N-methyl/N-ethyl adjacent to an activating group) is 1. The number of amides is 2. The topological polar surface area (TPSA) is 112 Å². The van der Waals surface area contributed by atoms with Crippen LogP contribution in [0, 0.1) is 5.82 Å². The molecule has 2 aromatic carbocycles. The molecule has 1 heterocycles. The number of aromatic nitrogens is 1. The Labute approximate surface area is 214 Å². The highest BCUT2D eigenvalue weighted by molar-refractivity contribution is 6.31. The Balaban J connectivity index is 0.00000456. The van der Waals surface area contributed by atoms with E-state index in [1.807, 2.05) is 24.3 Å². The van der Waals surface area contributed by atoms with Crippen molar-refractivity contribution in [3.05, 3.63) is 71.1 Å². The molecule has 3 rings (SSSR count). The van der Waals surface area contributed by atoms with Crippen LogP contribution in [0.1, 0.15) is 25.8 Å². The zero-order valence-electron chi connectivity index (χ0n) is 19.2. The van der Waals surface area contributed by atoms with Crippen LogP contribution >= 0.6 is 11.6 Å². The van der Waals surface area contributed by atoms with Crippen molar-refractivity contribution in [2.24, 2.45) is 0 Å². The van der Waals surface area contributed by atoms with Gasteiger partial charge in [0, 0.05) is 25.1 Å². The molecule has 3 N–H and O–H groups in total. The number of rotatable bonds is 10. The number of aliphatic hydroxyl groups excluding tert-OH is 2. The van der Waals surface area contributed by atoms with Gasteiger partial charge < -0.3 is 19.8 Å². The minimum absolute atomic E-state index is 0. The van der Waals surface area contributed by atoms with E-state index in [0.717, 1.165) is 10.8 Å². The molecule has 3 aromatic rings. The number of ether oxygens (including phenoxy) is 1. The van der Waals surface area contributed by atoms with Gasteiger partial charge in [-0.15, -0.1) is 0 Å². The maximum absolute atomic E-state index is 13.6. The lowest BCUT2D eigenvalue weighted by Gasteiger charge is -2.29. The van der Waals surface area contributed by atoms with E-state index in [2.05, 4.69) is 10.3 Å². The Bertz CT molecular complexity index is 1180. The molecule has 0 aliphatic carbocycles. The molecule has 36 heavy (non-hydrogen) atoms. The minimum Gasteiger partial charge on any atom is -0.447 e. The van der Waals surface area contributed by atoms with Crippen LogP contribution in [0.4, 0.5) is 15.0 Å². The van der Waals surface area contributed by atoms with Crippen LogP contribution in [0.2, 0.25) is 5.02 Å². The number of nitrogens with one attached hydrogen (secondary N) is 1. The van der Waals surface area contributed by atoms with Crippen LogP contribution in [0.5, 0.6) is 0 Å². The number of hydrogen-bond donors (Lipinski definition) is 3. The van der Waals surface area contributed by atoms with Gasteiger partial charge in [0.2, 0.25) is 5.91 Å². The van der Waals surface area contributed by atoms with Crippen molar-refractivity contribution in [3.63, 3.8) is 0 Å². The Morgan fingerprint density at radius 2 is 1.92 bits per heavy atom. The third kappa shape index (κ3) is 7.87. The summed E-state index contributed by atoms with van der Waals surface area (Å²) in [5.41, 5.74) is 0.499. The second-order valence-corrected chi connectivity index (χ2v) is 8.46. The summed E-state index contributed by atoms with van der Waals surface area (Å²) in [7, 11) is 1.51. The van der Waals surface area contributed by atoms with Crippen LogP contribution in [0.15, 0.2) is 54.7 Å². The van der Waals surface area contributed by atoms with Crippen molar-refractivity contribution in [1.82, 2.24) is 9.88 Å². The Morgan fingerprint density at radius 1 is 1.19 bits per heavy atom. The lowest BCUT2D eigenvalue weighted by molar-refractivity contribution is -0.133. The van der Waals surface area contributed by atoms with Gasteiger partial charge in [-0.3, -0.25) is 10.1 Å². The number of halogens is 2. The molecule has 8 nitrogen and oxygen atoms in total. The van der Waals surface area contributed by atoms with Gasteiger partial charge in [0.15, 0.2) is 0 Å². The van der Waals surface area contributed by atoms with E-state index in [0.29, 0.717) is 11.4 Å². The second-order valence-electron chi connectivity index (χ2n) is 8.08. The Kier molecular flexibility index (Phi) is 11.0. The molecule has 0 saturated carbocycles. The summed E-state index contributed by atoms with van der Waals surface area (Å²) >= 11 is 5.96.